The number of hydrogen-bond donors (Lipinski definition) is 1. The van der Waals surface area contributed by atoms with Crippen molar-refractivity contribution >= 4 is 28.9 Å². The maximum atomic E-state index is 5.98. The van der Waals surface area contributed by atoms with Crippen LogP contribution in [0.1, 0.15) is 32.6 Å². The Labute approximate surface area is 114 Å². The summed E-state index contributed by atoms with van der Waals surface area (Å²) < 4.78 is 0. The topological polar surface area (TPSA) is 12.0 Å². The summed E-state index contributed by atoms with van der Waals surface area (Å²) in [5.74, 6) is 1.72. The lowest BCUT2D eigenvalue weighted by Crippen LogP contribution is -2.20. The van der Waals surface area contributed by atoms with Gasteiger partial charge in [0.15, 0.2) is 0 Å². The molecule has 1 aromatic carbocycles. The monoisotopic (exact) mass is 271 g/mol. The second-order valence-electron chi connectivity index (χ2n) is 5.14. The van der Waals surface area contributed by atoms with E-state index in [0.717, 1.165) is 24.1 Å². The smallest absolute Gasteiger partial charge is 0.0612 e. The lowest BCUT2D eigenvalue weighted by atomic mass is 9.83. The molecule has 17 heavy (non-hydrogen) atoms. The molecule has 1 N–H and O–H groups in total. The fraction of sp³-hybridized carbons (Fsp3) is 0.571. The Bertz CT molecular complexity index is 370. The standard InChI is InChI=1S/C14H19Cl2N/c1-10-2-4-11(5-3-10)9-17-12-6-7-13(15)14(16)8-12/h6-8,10-11,17H,2-5,9H2,1H3. The molecule has 0 radical (unpaired) electrons. The van der Waals surface area contributed by atoms with Crippen molar-refractivity contribution in [2.24, 2.45) is 11.8 Å². The van der Waals surface area contributed by atoms with E-state index in [-0.39, 0.29) is 0 Å². The van der Waals surface area contributed by atoms with Gasteiger partial charge in [-0.05, 0) is 42.9 Å². The van der Waals surface area contributed by atoms with Gasteiger partial charge in [-0.3, -0.25) is 0 Å². The molecule has 1 saturated carbocycles. The van der Waals surface area contributed by atoms with Gasteiger partial charge in [-0.25, -0.2) is 0 Å². The summed E-state index contributed by atoms with van der Waals surface area (Å²) in [7, 11) is 0. The summed E-state index contributed by atoms with van der Waals surface area (Å²) in [4.78, 5) is 0. The van der Waals surface area contributed by atoms with E-state index in [4.69, 9.17) is 23.2 Å². The highest BCUT2D eigenvalue weighted by atomic mass is 35.5. The van der Waals surface area contributed by atoms with Crippen LogP contribution in [-0.2, 0) is 0 Å². The molecular formula is C14H19Cl2N. The van der Waals surface area contributed by atoms with Crippen LogP contribution in [0.15, 0.2) is 18.2 Å². The molecule has 1 aliphatic rings. The Morgan fingerprint density at radius 2 is 1.82 bits per heavy atom. The third-order valence-corrected chi connectivity index (χ3v) is 4.39. The molecule has 0 unspecified atom stereocenters. The number of nitrogens with one attached hydrogen (secondary N) is 1. The van der Waals surface area contributed by atoms with E-state index in [0.29, 0.717) is 10.0 Å². The van der Waals surface area contributed by atoms with Crippen molar-refractivity contribution in [1.82, 2.24) is 0 Å². The van der Waals surface area contributed by atoms with Crippen molar-refractivity contribution in [3.8, 4) is 0 Å². The lowest BCUT2D eigenvalue weighted by molar-refractivity contribution is 0.300. The first-order valence-corrected chi connectivity index (χ1v) is 7.09. The number of rotatable bonds is 3. The Morgan fingerprint density at radius 3 is 2.47 bits per heavy atom. The highest BCUT2D eigenvalue weighted by Gasteiger charge is 2.17. The fourth-order valence-electron chi connectivity index (χ4n) is 2.40. The molecule has 1 aliphatic carbocycles. The van der Waals surface area contributed by atoms with Crippen molar-refractivity contribution in [3.05, 3.63) is 28.2 Å². The van der Waals surface area contributed by atoms with Gasteiger partial charge < -0.3 is 5.32 Å². The predicted molar refractivity (Wildman–Crippen MR) is 76.1 cm³/mol. The minimum absolute atomic E-state index is 0.615. The summed E-state index contributed by atoms with van der Waals surface area (Å²) in [5, 5.41) is 4.69. The van der Waals surface area contributed by atoms with E-state index in [1.165, 1.54) is 25.7 Å². The average molecular weight is 272 g/mol. The van der Waals surface area contributed by atoms with E-state index in [9.17, 15) is 0 Å². The second-order valence-corrected chi connectivity index (χ2v) is 5.95. The second kappa shape index (κ2) is 5.97. The van der Waals surface area contributed by atoms with E-state index < -0.39 is 0 Å². The van der Waals surface area contributed by atoms with Crippen LogP contribution in [0.5, 0.6) is 0 Å². The highest BCUT2D eigenvalue weighted by molar-refractivity contribution is 6.42. The molecule has 0 spiro atoms. The zero-order valence-corrected chi connectivity index (χ0v) is 11.7. The van der Waals surface area contributed by atoms with Crippen LogP contribution in [0.4, 0.5) is 5.69 Å². The molecule has 0 heterocycles. The molecule has 0 bridgehead atoms. The van der Waals surface area contributed by atoms with Crippen molar-refractivity contribution < 1.29 is 0 Å². The maximum Gasteiger partial charge on any atom is 0.0612 e. The van der Waals surface area contributed by atoms with Crippen LogP contribution >= 0.6 is 23.2 Å². The van der Waals surface area contributed by atoms with Crippen LogP contribution in [0.3, 0.4) is 0 Å². The van der Waals surface area contributed by atoms with Crippen LogP contribution in [-0.4, -0.2) is 6.54 Å². The molecule has 0 amide bonds. The summed E-state index contributed by atoms with van der Waals surface area (Å²) >= 11 is 11.9. The zero-order valence-electron chi connectivity index (χ0n) is 10.2. The predicted octanol–water partition coefficient (Wildman–Crippen LogP) is 5.23. The maximum absolute atomic E-state index is 5.98. The molecule has 0 saturated heterocycles. The summed E-state index contributed by atoms with van der Waals surface area (Å²) in [5.41, 5.74) is 1.07. The van der Waals surface area contributed by atoms with Gasteiger partial charge in [0.1, 0.15) is 0 Å². The molecular weight excluding hydrogens is 253 g/mol. The van der Waals surface area contributed by atoms with Gasteiger partial charge in [0.05, 0.1) is 10.0 Å². The van der Waals surface area contributed by atoms with Gasteiger partial charge in [0.2, 0.25) is 0 Å². The minimum atomic E-state index is 0.615. The van der Waals surface area contributed by atoms with Gasteiger partial charge in [-0.2, -0.15) is 0 Å². The minimum Gasteiger partial charge on any atom is -0.385 e. The van der Waals surface area contributed by atoms with E-state index >= 15 is 0 Å². The number of hydrogen-bond acceptors (Lipinski definition) is 1. The molecule has 3 heteroatoms. The van der Waals surface area contributed by atoms with Crippen LogP contribution in [0.2, 0.25) is 10.0 Å². The van der Waals surface area contributed by atoms with Gasteiger partial charge >= 0.3 is 0 Å². The Hall–Kier alpha value is -0.400. The van der Waals surface area contributed by atoms with Crippen LogP contribution in [0.25, 0.3) is 0 Å². The van der Waals surface area contributed by atoms with E-state index in [1.54, 1.807) is 0 Å². The van der Waals surface area contributed by atoms with Crippen molar-refractivity contribution in [1.29, 1.82) is 0 Å². The third kappa shape index (κ3) is 3.79. The van der Waals surface area contributed by atoms with Gasteiger partial charge in [-0.1, -0.05) is 43.0 Å². The molecule has 2 rings (SSSR count). The summed E-state index contributed by atoms with van der Waals surface area (Å²) in [6.45, 7) is 3.40. The quantitative estimate of drug-likeness (QED) is 0.794. The van der Waals surface area contributed by atoms with Crippen molar-refractivity contribution in [3.63, 3.8) is 0 Å². The lowest BCUT2D eigenvalue weighted by Gasteiger charge is -2.26. The van der Waals surface area contributed by atoms with Crippen molar-refractivity contribution in [2.45, 2.75) is 32.6 Å². The zero-order chi connectivity index (χ0) is 12.3. The van der Waals surface area contributed by atoms with Crippen LogP contribution < -0.4 is 5.32 Å². The number of benzene rings is 1. The molecule has 1 nitrogen and oxygen atoms in total. The first-order chi connectivity index (χ1) is 8.15. The van der Waals surface area contributed by atoms with Gasteiger partial charge in [0.25, 0.3) is 0 Å². The molecule has 1 fully saturated rings. The molecule has 94 valence electrons. The SMILES string of the molecule is CC1CCC(CNc2ccc(Cl)c(Cl)c2)CC1. The molecule has 0 aliphatic heterocycles. The Kier molecular flexibility index (Phi) is 4.58. The van der Waals surface area contributed by atoms with Crippen LogP contribution in [0, 0.1) is 11.8 Å². The first-order valence-electron chi connectivity index (χ1n) is 6.34. The Balaban J connectivity index is 1.83. The normalized spacial score (nSPS) is 24.6. The molecule has 0 aromatic heterocycles. The van der Waals surface area contributed by atoms with E-state index in [1.807, 2.05) is 18.2 Å². The van der Waals surface area contributed by atoms with Gasteiger partial charge in [-0.15, -0.1) is 0 Å². The number of anilines is 1. The summed E-state index contributed by atoms with van der Waals surface area (Å²) in [6, 6.07) is 5.73. The molecule has 0 atom stereocenters. The fourth-order valence-corrected chi connectivity index (χ4v) is 2.70. The molecule has 1 aromatic rings. The highest BCUT2D eigenvalue weighted by Crippen LogP contribution is 2.29. The Morgan fingerprint density at radius 1 is 1.12 bits per heavy atom. The summed E-state index contributed by atoms with van der Waals surface area (Å²) in [6.07, 6.45) is 5.42. The number of halogens is 2. The third-order valence-electron chi connectivity index (χ3n) is 3.65. The first kappa shape index (κ1) is 13.0. The van der Waals surface area contributed by atoms with Gasteiger partial charge in [0, 0.05) is 12.2 Å². The largest absolute Gasteiger partial charge is 0.385 e. The average Bonchev–Trinajstić information content (AvgIpc) is 2.33. The van der Waals surface area contributed by atoms with Crippen molar-refractivity contribution in [2.75, 3.05) is 11.9 Å². The van der Waals surface area contributed by atoms with E-state index in [2.05, 4.69) is 12.2 Å².